The number of halogens is 1. The summed E-state index contributed by atoms with van der Waals surface area (Å²) in [7, 11) is 0. The van der Waals surface area contributed by atoms with Gasteiger partial charge in [0.05, 0.1) is 5.92 Å². The average Bonchev–Trinajstić information content (AvgIpc) is 3.16. The van der Waals surface area contributed by atoms with Crippen molar-refractivity contribution < 1.29 is 38.4 Å². The second kappa shape index (κ2) is 11.6. The summed E-state index contributed by atoms with van der Waals surface area (Å²) in [5, 5.41) is 20.8. The number of ether oxygens (including phenoxy) is 3. The van der Waals surface area contributed by atoms with E-state index >= 15 is 4.39 Å². The Kier molecular flexibility index (Phi) is 8.41. The molecule has 1 aromatic heterocycles. The topological polar surface area (TPSA) is 172 Å². The Morgan fingerprint density at radius 1 is 1.11 bits per heavy atom. The van der Waals surface area contributed by atoms with Crippen molar-refractivity contribution >= 4 is 11.9 Å². The molecule has 4 rings (SSSR count). The van der Waals surface area contributed by atoms with Gasteiger partial charge < -0.3 is 30.2 Å². The number of nitrogens with two attached hydrogens (primary N) is 1. The largest absolute Gasteiger partial charge is 0.458 e. The van der Waals surface area contributed by atoms with Crippen LogP contribution in [0.5, 0.6) is 0 Å². The van der Waals surface area contributed by atoms with Gasteiger partial charge >= 0.3 is 17.6 Å². The monoisotopic (exact) mass is 535 g/mol. The zero-order valence-electron chi connectivity index (χ0n) is 20.5. The number of aromatic nitrogens is 2. The van der Waals surface area contributed by atoms with Crippen LogP contribution in [0.4, 0.5) is 4.39 Å². The molecule has 1 saturated carbocycles. The van der Waals surface area contributed by atoms with E-state index in [4.69, 9.17) is 19.9 Å². The maximum Gasteiger partial charge on any atom is 0.335 e. The lowest BCUT2D eigenvalue weighted by Crippen LogP contribution is -2.44. The number of aliphatic hydroxyl groups excluding tert-OH is 2. The Morgan fingerprint density at radius 3 is 2.47 bits per heavy atom. The molecule has 13 heteroatoms. The van der Waals surface area contributed by atoms with Crippen molar-refractivity contribution in [3.8, 4) is 0 Å². The van der Waals surface area contributed by atoms with Crippen molar-refractivity contribution in [1.29, 1.82) is 0 Å². The molecule has 0 spiro atoms. The van der Waals surface area contributed by atoms with Crippen molar-refractivity contribution in [2.24, 2.45) is 11.7 Å². The highest BCUT2D eigenvalue weighted by Crippen LogP contribution is 2.38. The number of nitrogens with zero attached hydrogens (tertiary/aromatic N) is 2. The van der Waals surface area contributed by atoms with Crippen molar-refractivity contribution in [2.45, 2.75) is 69.2 Å². The summed E-state index contributed by atoms with van der Waals surface area (Å²) in [6.45, 7) is -1.82. The van der Waals surface area contributed by atoms with Gasteiger partial charge in [-0.3, -0.25) is 14.2 Å². The normalized spacial score (nSPS) is 26.6. The number of hydrogen-bond acceptors (Lipinski definition) is 10. The van der Waals surface area contributed by atoms with E-state index in [9.17, 15) is 29.4 Å². The van der Waals surface area contributed by atoms with Gasteiger partial charge in [0.15, 0.2) is 19.6 Å². The molecule has 206 valence electrons. The van der Waals surface area contributed by atoms with E-state index < -0.39 is 66.9 Å². The molecule has 2 aliphatic rings. The van der Waals surface area contributed by atoms with Crippen LogP contribution >= 0.6 is 0 Å². The van der Waals surface area contributed by atoms with Crippen LogP contribution in [0.3, 0.4) is 0 Å². The first-order valence-corrected chi connectivity index (χ1v) is 12.3. The first kappa shape index (κ1) is 27.6. The number of hydrogen-bond donors (Lipinski definition) is 3. The van der Waals surface area contributed by atoms with Gasteiger partial charge in [-0.15, -0.1) is 0 Å². The molecule has 1 aliphatic carbocycles. The van der Waals surface area contributed by atoms with Crippen LogP contribution in [0, 0.1) is 5.92 Å². The zero-order chi connectivity index (χ0) is 27.4. The van der Waals surface area contributed by atoms with Crippen molar-refractivity contribution in [3.63, 3.8) is 0 Å². The fourth-order valence-corrected chi connectivity index (χ4v) is 4.58. The highest BCUT2D eigenvalue weighted by atomic mass is 19.2. The molecular formula is C25H30FN3O9. The summed E-state index contributed by atoms with van der Waals surface area (Å²) in [5.41, 5.74) is 4.37. The predicted molar refractivity (Wildman–Crippen MR) is 128 cm³/mol. The average molecular weight is 536 g/mol. The van der Waals surface area contributed by atoms with Gasteiger partial charge in [-0.25, -0.2) is 18.5 Å². The molecule has 12 nitrogen and oxygen atoms in total. The number of rotatable bonds is 8. The molecular weight excluding hydrogens is 505 g/mol. The van der Waals surface area contributed by atoms with Gasteiger partial charge in [0.25, 0.3) is 11.4 Å². The number of aliphatic hydroxyl groups is 2. The van der Waals surface area contributed by atoms with E-state index in [1.165, 1.54) is 0 Å². The van der Waals surface area contributed by atoms with Gasteiger partial charge in [-0.05, 0) is 18.4 Å². The lowest BCUT2D eigenvalue weighted by atomic mass is 9.89. The van der Waals surface area contributed by atoms with Gasteiger partial charge in [0.1, 0.15) is 18.2 Å². The maximum absolute atomic E-state index is 15.5. The third-order valence-corrected chi connectivity index (χ3v) is 6.84. The number of alkyl halides is 1. The molecule has 2 aromatic rings. The van der Waals surface area contributed by atoms with Crippen molar-refractivity contribution in [1.82, 2.24) is 9.13 Å². The number of carbonyl (C=O) groups is 2. The molecule has 0 radical (unpaired) electrons. The molecule has 0 amide bonds. The molecule has 1 aromatic carbocycles. The van der Waals surface area contributed by atoms with Crippen LogP contribution in [0.25, 0.3) is 0 Å². The molecule has 4 N–H and O–H groups in total. The van der Waals surface area contributed by atoms with Crippen LogP contribution in [0.1, 0.15) is 49.9 Å². The third kappa shape index (κ3) is 5.70. The Bertz CT molecular complexity index is 1260. The van der Waals surface area contributed by atoms with E-state index in [1.807, 2.05) is 0 Å². The van der Waals surface area contributed by atoms with E-state index in [2.05, 4.69) is 0 Å². The minimum absolute atomic E-state index is 0.314. The molecule has 1 aliphatic heterocycles. The molecule has 38 heavy (non-hydrogen) atoms. The van der Waals surface area contributed by atoms with Gasteiger partial charge in [-0.2, -0.15) is 0 Å². The maximum atomic E-state index is 15.5. The predicted octanol–water partition coefficient (Wildman–Crippen LogP) is 0.251. The first-order valence-electron chi connectivity index (χ1n) is 12.3. The molecule has 5 atom stereocenters. The highest BCUT2D eigenvalue weighted by molar-refractivity contribution is 5.77. The fourth-order valence-electron chi connectivity index (χ4n) is 4.58. The van der Waals surface area contributed by atoms with Gasteiger partial charge in [0, 0.05) is 12.3 Å². The summed E-state index contributed by atoms with van der Waals surface area (Å²) >= 11 is 0. The third-order valence-electron chi connectivity index (χ3n) is 6.84. The summed E-state index contributed by atoms with van der Waals surface area (Å²) in [5.74, 6) is -4.94. The molecule has 0 bridgehead atoms. The van der Waals surface area contributed by atoms with Crippen LogP contribution in [-0.4, -0.2) is 56.0 Å². The first-order chi connectivity index (χ1) is 18.1. The van der Waals surface area contributed by atoms with E-state index in [0.717, 1.165) is 31.5 Å². The van der Waals surface area contributed by atoms with E-state index in [1.54, 1.807) is 30.3 Å². The summed E-state index contributed by atoms with van der Waals surface area (Å²) in [6, 6.07) is 7.87. The summed E-state index contributed by atoms with van der Waals surface area (Å²) in [4.78, 5) is 49.9. The second-order valence-electron chi connectivity index (χ2n) is 9.43. The summed E-state index contributed by atoms with van der Waals surface area (Å²) < 4.78 is 32.0. The van der Waals surface area contributed by atoms with Crippen LogP contribution in [-0.2, 0) is 30.5 Å². The lowest BCUT2D eigenvalue weighted by Gasteiger charge is -2.23. The number of esters is 2. The Hall–Kier alpha value is -3.39. The van der Waals surface area contributed by atoms with Crippen LogP contribution < -0.4 is 17.0 Å². The lowest BCUT2D eigenvalue weighted by molar-refractivity contribution is -0.217. The molecule has 2 fully saturated rings. The van der Waals surface area contributed by atoms with E-state index in [0.29, 0.717) is 27.5 Å². The number of carbonyl (C=O) groups excluding carboxylic acids is 2. The minimum Gasteiger partial charge on any atom is -0.458 e. The van der Waals surface area contributed by atoms with Crippen molar-refractivity contribution in [2.75, 3.05) is 6.61 Å². The second-order valence-corrected chi connectivity index (χ2v) is 9.43. The van der Waals surface area contributed by atoms with Gasteiger partial charge in [0.2, 0.25) is 0 Å². The standard InChI is InChI=1S/C25H30FN3O9/c26-25(13-36-23(34)18(27)15-7-3-1-4-8-15)20(32)19(31)21(38-25)28-12-11-17(30)29(24(28)35)14-37-22(33)16-9-5-2-6-10-16/h1,3-4,7-8,11-12,16,18-21,31-32H,2,5-6,9-10,13-14,27H2/t18-,19+,20-,21+,25+/m0/s1. The van der Waals surface area contributed by atoms with Gasteiger partial charge in [-0.1, -0.05) is 49.6 Å². The Balaban J connectivity index is 1.45. The highest BCUT2D eigenvalue weighted by Gasteiger charge is 2.57. The Morgan fingerprint density at radius 2 is 1.79 bits per heavy atom. The van der Waals surface area contributed by atoms with Crippen molar-refractivity contribution in [3.05, 3.63) is 69.0 Å². The smallest absolute Gasteiger partial charge is 0.335 e. The van der Waals surface area contributed by atoms with E-state index in [-0.39, 0.29) is 5.92 Å². The van der Waals surface area contributed by atoms with Crippen LogP contribution in [0.15, 0.2) is 52.2 Å². The zero-order valence-corrected chi connectivity index (χ0v) is 20.5. The molecule has 1 saturated heterocycles. The Labute approximate surface area is 216 Å². The SMILES string of the molecule is N[C@H](C(=O)OC[C@@]1(F)O[C@@H](n2ccc(=O)n(COC(=O)C3CCCCC3)c2=O)[C@H](O)[C@@H]1O)c1ccccc1. The minimum atomic E-state index is -3.09. The molecule has 2 heterocycles. The van der Waals surface area contributed by atoms with Crippen LogP contribution in [0.2, 0.25) is 0 Å². The summed E-state index contributed by atoms with van der Waals surface area (Å²) in [6.07, 6.45) is -0.918. The molecule has 0 unspecified atom stereocenters. The fraction of sp³-hybridized carbons (Fsp3) is 0.520. The number of benzene rings is 1. The quantitative estimate of drug-likeness (QED) is 0.398.